The fraction of sp³-hybridized carbons (Fsp3) is 0.462. The maximum absolute atomic E-state index is 11.7. The molecule has 2 N–H and O–H groups in total. The van der Waals surface area contributed by atoms with Gasteiger partial charge in [-0.3, -0.25) is 4.79 Å². The van der Waals surface area contributed by atoms with Crippen molar-refractivity contribution in [2.75, 3.05) is 0 Å². The first-order chi connectivity index (χ1) is 8.20. The number of esters is 1. The van der Waals surface area contributed by atoms with Crippen molar-refractivity contribution in [1.82, 2.24) is 0 Å². The highest BCUT2D eigenvalue weighted by Gasteiger charge is 2.21. The van der Waals surface area contributed by atoms with Gasteiger partial charge >= 0.3 is 5.97 Å². The molecular weight excluding hydrogens is 273 g/mol. The van der Waals surface area contributed by atoms with Gasteiger partial charge in [-0.05, 0) is 32.4 Å². The normalized spacial score (nSPS) is 13.2. The summed E-state index contributed by atoms with van der Waals surface area (Å²) in [7, 11) is 0. The lowest BCUT2D eigenvalue weighted by atomic mass is 10.0. The van der Waals surface area contributed by atoms with Gasteiger partial charge in [0.25, 0.3) is 0 Å². The van der Waals surface area contributed by atoms with Crippen molar-refractivity contribution in [2.24, 2.45) is 5.73 Å². The number of hydrogen-bond acceptors (Lipinski definition) is 3. The fourth-order valence-corrected chi connectivity index (χ4v) is 1.93. The number of halogens is 2. The topological polar surface area (TPSA) is 52.3 Å². The maximum atomic E-state index is 11.7. The van der Waals surface area contributed by atoms with E-state index in [1.807, 2.05) is 20.8 Å². The molecule has 1 aromatic carbocycles. The number of rotatable bonds is 3. The van der Waals surface area contributed by atoms with E-state index >= 15 is 0 Å². The molecule has 0 spiro atoms. The molecule has 18 heavy (non-hydrogen) atoms. The van der Waals surface area contributed by atoms with Gasteiger partial charge in [0, 0.05) is 6.04 Å². The lowest BCUT2D eigenvalue weighted by Gasteiger charge is -2.21. The smallest absolute Gasteiger partial charge is 0.308 e. The summed E-state index contributed by atoms with van der Waals surface area (Å²) in [5.74, 6) is -0.356. The average molecular weight is 290 g/mol. The minimum atomic E-state index is -0.522. The molecule has 1 atom stereocenters. The van der Waals surface area contributed by atoms with Crippen molar-refractivity contribution in [3.8, 4) is 0 Å². The highest BCUT2D eigenvalue weighted by atomic mass is 35.5. The Bertz CT molecular complexity index is 441. The largest absolute Gasteiger partial charge is 0.460 e. The van der Waals surface area contributed by atoms with Gasteiger partial charge in [0.05, 0.1) is 16.5 Å². The van der Waals surface area contributed by atoms with E-state index in [0.29, 0.717) is 15.6 Å². The summed E-state index contributed by atoms with van der Waals surface area (Å²) in [6.45, 7) is 5.42. The van der Waals surface area contributed by atoms with Gasteiger partial charge in [-0.15, -0.1) is 0 Å². The maximum Gasteiger partial charge on any atom is 0.308 e. The highest BCUT2D eigenvalue weighted by Crippen LogP contribution is 2.30. The second kappa shape index (κ2) is 5.91. The van der Waals surface area contributed by atoms with E-state index in [2.05, 4.69) is 0 Å². The van der Waals surface area contributed by atoms with E-state index in [0.717, 1.165) is 0 Å². The van der Waals surface area contributed by atoms with E-state index in [4.69, 9.17) is 33.7 Å². The zero-order valence-corrected chi connectivity index (χ0v) is 12.2. The first-order valence-corrected chi connectivity index (χ1v) is 6.37. The third kappa shape index (κ3) is 4.48. The van der Waals surface area contributed by atoms with Crippen molar-refractivity contribution < 1.29 is 9.53 Å². The van der Waals surface area contributed by atoms with Crippen LogP contribution < -0.4 is 5.73 Å². The summed E-state index contributed by atoms with van der Waals surface area (Å²) in [4.78, 5) is 11.7. The third-order valence-corrected chi connectivity index (χ3v) is 3.02. The molecule has 3 nitrogen and oxygen atoms in total. The molecule has 0 aliphatic heterocycles. The van der Waals surface area contributed by atoms with E-state index < -0.39 is 11.6 Å². The summed E-state index contributed by atoms with van der Waals surface area (Å²) in [5.41, 5.74) is 6.07. The van der Waals surface area contributed by atoms with Crippen LogP contribution in [0.2, 0.25) is 10.0 Å². The molecule has 0 bridgehead atoms. The van der Waals surface area contributed by atoms with Crippen LogP contribution >= 0.6 is 23.2 Å². The van der Waals surface area contributed by atoms with Crippen LogP contribution in [0.25, 0.3) is 0 Å². The quantitative estimate of drug-likeness (QED) is 0.863. The molecule has 0 aromatic heterocycles. The number of benzene rings is 1. The average Bonchev–Trinajstić information content (AvgIpc) is 2.18. The monoisotopic (exact) mass is 289 g/mol. The van der Waals surface area contributed by atoms with Crippen molar-refractivity contribution in [3.63, 3.8) is 0 Å². The summed E-state index contributed by atoms with van der Waals surface area (Å²) in [6.07, 6.45) is 0.0668. The van der Waals surface area contributed by atoms with Gasteiger partial charge < -0.3 is 10.5 Å². The Morgan fingerprint density at radius 3 is 2.56 bits per heavy atom. The Balaban J connectivity index is 2.74. The number of hydrogen-bond donors (Lipinski definition) is 1. The zero-order valence-electron chi connectivity index (χ0n) is 10.7. The van der Waals surface area contributed by atoms with Crippen molar-refractivity contribution in [3.05, 3.63) is 33.8 Å². The van der Waals surface area contributed by atoms with Gasteiger partial charge in [-0.25, -0.2) is 0 Å². The summed E-state index contributed by atoms with van der Waals surface area (Å²) in [6, 6.07) is 4.65. The molecule has 0 radical (unpaired) electrons. The Labute approximate surface area is 117 Å². The summed E-state index contributed by atoms with van der Waals surface area (Å²) in [5, 5.41) is 0.809. The Kier molecular flexibility index (Phi) is 5.02. The minimum Gasteiger partial charge on any atom is -0.460 e. The molecular formula is C13H17Cl2NO2. The van der Waals surface area contributed by atoms with Gasteiger partial charge in [-0.1, -0.05) is 35.3 Å². The number of ether oxygens (including phenoxy) is 1. The van der Waals surface area contributed by atoms with Crippen LogP contribution in [0.4, 0.5) is 0 Å². The Morgan fingerprint density at radius 1 is 1.39 bits per heavy atom. The van der Waals surface area contributed by atoms with E-state index in [1.165, 1.54) is 0 Å². The van der Waals surface area contributed by atoms with E-state index in [1.54, 1.807) is 18.2 Å². The minimum absolute atomic E-state index is 0.0668. The van der Waals surface area contributed by atoms with Crippen LogP contribution in [-0.4, -0.2) is 11.6 Å². The van der Waals surface area contributed by atoms with Crippen molar-refractivity contribution in [1.29, 1.82) is 0 Å². The molecule has 5 heteroatoms. The number of nitrogens with two attached hydrogens (primary N) is 1. The fourth-order valence-electron chi connectivity index (χ4n) is 1.48. The van der Waals surface area contributed by atoms with Crippen LogP contribution in [0.1, 0.15) is 38.8 Å². The molecule has 0 fully saturated rings. The number of carbonyl (C=O) groups excluding carboxylic acids is 1. The second-order valence-corrected chi connectivity index (χ2v) is 5.83. The van der Waals surface area contributed by atoms with Gasteiger partial charge in [0.15, 0.2) is 0 Å². The van der Waals surface area contributed by atoms with Crippen LogP contribution in [-0.2, 0) is 9.53 Å². The standard InChI is InChI=1S/C13H17Cl2NO2/c1-13(2,3)18-11(17)7-10(16)8-5-4-6-9(14)12(8)15/h4-6,10H,7,16H2,1-3H3/t10-/m1/s1. The van der Waals surface area contributed by atoms with Crippen LogP contribution in [0.5, 0.6) is 0 Å². The predicted molar refractivity (Wildman–Crippen MR) is 73.9 cm³/mol. The van der Waals surface area contributed by atoms with Gasteiger partial charge in [-0.2, -0.15) is 0 Å². The molecule has 0 heterocycles. The Morgan fingerprint density at radius 2 is 2.00 bits per heavy atom. The second-order valence-electron chi connectivity index (χ2n) is 5.04. The SMILES string of the molecule is CC(C)(C)OC(=O)C[C@@H](N)c1cccc(Cl)c1Cl. The molecule has 1 rings (SSSR count). The first-order valence-electron chi connectivity index (χ1n) is 5.62. The van der Waals surface area contributed by atoms with Crippen molar-refractivity contribution in [2.45, 2.75) is 38.8 Å². The highest BCUT2D eigenvalue weighted by molar-refractivity contribution is 6.42. The van der Waals surface area contributed by atoms with Gasteiger partial charge in [0.2, 0.25) is 0 Å². The summed E-state index contributed by atoms with van der Waals surface area (Å²) < 4.78 is 5.20. The molecule has 100 valence electrons. The van der Waals surface area contributed by atoms with Crippen LogP contribution in [0.3, 0.4) is 0 Å². The molecule has 0 aliphatic rings. The molecule has 1 aromatic rings. The van der Waals surface area contributed by atoms with Crippen LogP contribution in [0, 0.1) is 0 Å². The third-order valence-electron chi connectivity index (χ3n) is 2.19. The predicted octanol–water partition coefficient (Wildman–Crippen LogP) is 3.73. The number of carbonyl (C=O) groups is 1. The lowest BCUT2D eigenvalue weighted by Crippen LogP contribution is -2.26. The Hall–Kier alpha value is -0.770. The van der Waals surface area contributed by atoms with E-state index in [9.17, 15) is 4.79 Å². The summed E-state index contributed by atoms with van der Waals surface area (Å²) >= 11 is 11.9. The zero-order chi connectivity index (χ0) is 13.9. The van der Waals surface area contributed by atoms with Gasteiger partial charge in [0.1, 0.15) is 5.60 Å². The molecule has 0 unspecified atom stereocenters. The molecule has 0 aliphatic carbocycles. The first kappa shape index (κ1) is 15.3. The van der Waals surface area contributed by atoms with E-state index in [-0.39, 0.29) is 12.4 Å². The van der Waals surface area contributed by atoms with Crippen LogP contribution in [0.15, 0.2) is 18.2 Å². The molecule has 0 saturated carbocycles. The molecule has 0 amide bonds. The van der Waals surface area contributed by atoms with Crippen molar-refractivity contribution >= 4 is 29.2 Å². The molecule has 0 saturated heterocycles. The lowest BCUT2D eigenvalue weighted by molar-refractivity contribution is -0.155.